The van der Waals surface area contributed by atoms with E-state index in [9.17, 15) is 4.79 Å². The third kappa shape index (κ3) is 4.33. The van der Waals surface area contributed by atoms with Gasteiger partial charge in [0.25, 0.3) is 5.91 Å². The SMILES string of the molecule is CCOc1ccc(C(=O)Nc2cc(C)ccc2C)cc1COC. The molecule has 0 radical (unpaired) electrons. The Bertz CT molecular complexity index is 695. The van der Waals surface area contributed by atoms with Gasteiger partial charge < -0.3 is 14.8 Å². The molecule has 2 aromatic rings. The van der Waals surface area contributed by atoms with Gasteiger partial charge in [0.1, 0.15) is 5.75 Å². The fraction of sp³-hybridized carbons (Fsp3) is 0.316. The minimum absolute atomic E-state index is 0.140. The Kier molecular flexibility index (Phi) is 5.77. The van der Waals surface area contributed by atoms with Crippen molar-refractivity contribution in [1.82, 2.24) is 0 Å². The lowest BCUT2D eigenvalue weighted by Gasteiger charge is -2.13. The van der Waals surface area contributed by atoms with E-state index in [1.165, 1.54) is 0 Å². The zero-order valence-electron chi connectivity index (χ0n) is 14.1. The van der Waals surface area contributed by atoms with E-state index in [1.54, 1.807) is 13.2 Å². The molecule has 0 saturated carbocycles. The average Bonchev–Trinajstić information content (AvgIpc) is 2.53. The second-order valence-electron chi connectivity index (χ2n) is 5.46. The van der Waals surface area contributed by atoms with E-state index in [4.69, 9.17) is 9.47 Å². The Labute approximate surface area is 137 Å². The normalized spacial score (nSPS) is 10.4. The predicted molar refractivity (Wildman–Crippen MR) is 92.2 cm³/mol. The summed E-state index contributed by atoms with van der Waals surface area (Å²) in [6.45, 7) is 6.88. The second kappa shape index (κ2) is 7.79. The largest absolute Gasteiger partial charge is 0.494 e. The van der Waals surface area contributed by atoms with E-state index in [0.717, 1.165) is 28.1 Å². The highest BCUT2D eigenvalue weighted by Crippen LogP contribution is 2.23. The number of hydrogen-bond acceptors (Lipinski definition) is 3. The van der Waals surface area contributed by atoms with Gasteiger partial charge in [0, 0.05) is 23.9 Å². The van der Waals surface area contributed by atoms with Crippen LogP contribution in [-0.4, -0.2) is 19.6 Å². The maximum Gasteiger partial charge on any atom is 0.255 e. The van der Waals surface area contributed by atoms with Crippen LogP contribution in [0.4, 0.5) is 5.69 Å². The van der Waals surface area contributed by atoms with Crippen LogP contribution in [-0.2, 0) is 11.3 Å². The van der Waals surface area contributed by atoms with Crippen molar-refractivity contribution < 1.29 is 14.3 Å². The summed E-state index contributed by atoms with van der Waals surface area (Å²) >= 11 is 0. The van der Waals surface area contributed by atoms with E-state index in [-0.39, 0.29) is 5.91 Å². The monoisotopic (exact) mass is 313 g/mol. The van der Waals surface area contributed by atoms with E-state index in [2.05, 4.69) is 5.32 Å². The maximum atomic E-state index is 12.5. The Balaban J connectivity index is 2.25. The lowest BCUT2D eigenvalue weighted by Crippen LogP contribution is -2.13. The molecule has 23 heavy (non-hydrogen) atoms. The Morgan fingerprint density at radius 3 is 2.61 bits per heavy atom. The molecule has 0 aromatic heterocycles. The van der Waals surface area contributed by atoms with Crippen LogP contribution in [0.2, 0.25) is 0 Å². The van der Waals surface area contributed by atoms with Crippen LogP contribution in [0.15, 0.2) is 36.4 Å². The first-order valence-corrected chi connectivity index (χ1v) is 7.68. The third-order valence-electron chi connectivity index (χ3n) is 3.56. The number of carbonyl (C=O) groups is 1. The number of carbonyl (C=O) groups excluding carboxylic acids is 1. The van der Waals surface area contributed by atoms with Gasteiger partial charge in [-0.1, -0.05) is 12.1 Å². The number of rotatable bonds is 6. The van der Waals surface area contributed by atoms with Crippen LogP contribution in [0.1, 0.15) is 34.0 Å². The summed E-state index contributed by atoms with van der Waals surface area (Å²) in [5.41, 5.74) is 4.42. The Morgan fingerprint density at radius 1 is 1.13 bits per heavy atom. The summed E-state index contributed by atoms with van der Waals surface area (Å²) in [5.74, 6) is 0.608. The molecule has 0 aliphatic heterocycles. The molecular weight excluding hydrogens is 290 g/mol. The van der Waals surface area contributed by atoms with Crippen LogP contribution in [0.3, 0.4) is 0 Å². The molecule has 0 atom stereocenters. The van der Waals surface area contributed by atoms with Gasteiger partial charge in [0.2, 0.25) is 0 Å². The highest BCUT2D eigenvalue weighted by atomic mass is 16.5. The van der Waals surface area contributed by atoms with Crippen LogP contribution in [0, 0.1) is 13.8 Å². The molecule has 1 amide bonds. The van der Waals surface area contributed by atoms with Crippen molar-refractivity contribution in [3.05, 3.63) is 58.7 Å². The Morgan fingerprint density at radius 2 is 1.91 bits per heavy atom. The van der Waals surface area contributed by atoms with Gasteiger partial charge in [0.15, 0.2) is 0 Å². The molecule has 0 unspecified atom stereocenters. The van der Waals surface area contributed by atoms with Crippen LogP contribution >= 0.6 is 0 Å². The quantitative estimate of drug-likeness (QED) is 0.873. The highest BCUT2D eigenvalue weighted by molar-refractivity contribution is 6.04. The number of aryl methyl sites for hydroxylation is 2. The maximum absolute atomic E-state index is 12.5. The highest BCUT2D eigenvalue weighted by Gasteiger charge is 2.12. The molecule has 122 valence electrons. The standard InChI is InChI=1S/C19H23NO3/c1-5-23-18-9-8-15(11-16(18)12-22-4)19(21)20-17-10-13(2)6-7-14(17)3/h6-11H,5,12H2,1-4H3,(H,20,21). The first-order chi connectivity index (χ1) is 11.0. The summed E-state index contributed by atoms with van der Waals surface area (Å²) in [4.78, 5) is 12.5. The molecule has 4 nitrogen and oxygen atoms in total. The minimum atomic E-state index is -0.140. The third-order valence-corrected chi connectivity index (χ3v) is 3.56. The molecule has 2 aromatic carbocycles. The summed E-state index contributed by atoms with van der Waals surface area (Å²) in [7, 11) is 1.62. The van der Waals surface area contributed by atoms with Gasteiger partial charge in [-0.2, -0.15) is 0 Å². The number of amides is 1. The number of anilines is 1. The summed E-state index contributed by atoms with van der Waals surface area (Å²) in [6.07, 6.45) is 0. The van der Waals surface area contributed by atoms with Crippen molar-refractivity contribution in [3.8, 4) is 5.75 Å². The zero-order valence-corrected chi connectivity index (χ0v) is 14.1. The second-order valence-corrected chi connectivity index (χ2v) is 5.46. The van der Waals surface area contributed by atoms with E-state index < -0.39 is 0 Å². The van der Waals surface area contributed by atoms with Gasteiger partial charge in [-0.05, 0) is 56.2 Å². The summed E-state index contributed by atoms with van der Waals surface area (Å²) in [6, 6.07) is 11.4. The van der Waals surface area contributed by atoms with Gasteiger partial charge in [0.05, 0.1) is 13.2 Å². The van der Waals surface area contributed by atoms with Crippen LogP contribution < -0.4 is 10.1 Å². The first kappa shape index (κ1) is 17.0. The van der Waals surface area contributed by atoms with Crippen LogP contribution in [0.5, 0.6) is 5.75 Å². The molecule has 1 N–H and O–H groups in total. The number of methoxy groups -OCH3 is 1. The van der Waals surface area contributed by atoms with Gasteiger partial charge in [-0.3, -0.25) is 4.79 Å². The number of benzene rings is 2. The smallest absolute Gasteiger partial charge is 0.255 e. The number of ether oxygens (including phenoxy) is 2. The van der Waals surface area contributed by atoms with Crippen molar-refractivity contribution >= 4 is 11.6 Å². The molecule has 0 saturated heterocycles. The molecule has 4 heteroatoms. The lowest BCUT2D eigenvalue weighted by atomic mass is 10.1. The topological polar surface area (TPSA) is 47.6 Å². The van der Waals surface area contributed by atoms with E-state index in [1.807, 2.05) is 51.1 Å². The minimum Gasteiger partial charge on any atom is -0.494 e. The molecule has 0 spiro atoms. The molecular formula is C19H23NO3. The Hall–Kier alpha value is -2.33. The van der Waals surface area contributed by atoms with Crippen molar-refractivity contribution in [2.75, 3.05) is 19.0 Å². The summed E-state index contributed by atoms with van der Waals surface area (Å²) in [5, 5.41) is 2.97. The first-order valence-electron chi connectivity index (χ1n) is 7.68. The lowest BCUT2D eigenvalue weighted by molar-refractivity contribution is 0.102. The van der Waals surface area contributed by atoms with Crippen molar-refractivity contribution in [1.29, 1.82) is 0 Å². The fourth-order valence-electron chi connectivity index (χ4n) is 2.35. The average molecular weight is 313 g/mol. The van der Waals surface area contributed by atoms with Gasteiger partial charge >= 0.3 is 0 Å². The van der Waals surface area contributed by atoms with E-state index in [0.29, 0.717) is 18.8 Å². The molecule has 0 fully saturated rings. The molecule has 0 aliphatic rings. The molecule has 0 heterocycles. The van der Waals surface area contributed by atoms with Crippen LogP contribution in [0.25, 0.3) is 0 Å². The van der Waals surface area contributed by atoms with Crippen molar-refractivity contribution in [2.24, 2.45) is 0 Å². The number of nitrogens with one attached hydrogen (secondary N) is 1. The van der Waals surface area contributed by atoms with Crippen molar-refractivity contribution in [3.63, 3.8) is 0 Å². The fourth-order valence-corrected chi connectivity index (χ4v) is 2.35. The number of hydrogen-bond donors (Lipinski definition) is 1. The predicted octanol–water partition coefficient (Wildman–Crippen LogP) is 4.10. The molecule has 0 bridgehead atoms. The van der Waals surface area contributed by atoms with Crippen molar-refractivity contribution in [2.45, 2.75) is 27.4 Å². The van der Waals surface area contributed by atoms with Gasteiger partial charge in [-0.25, -0.2) is 0 Å². The zero-order chi connectivity index (χ0) is 16.8. The molecule has 0 aliphatic carbocycles. The molecule has 2 rings (SSSR count). The van der Waals surface area contributed by atoms with Gasteiger partial charge in [-0.15, -0.1) is 0 Å². The summed E-state index contributed by atoms with van der Waals surface area (Å²) < 4.78 is 10.8. The van der Waals surface area contributed by atoms with E-state index >= 15 is 0 Å².